The molecule has 0 aliphatic carbocycles. The van der Waals surface area contributed by atoms with Crippen molar-refractivity contribution < 1.29 is 9.53 Å². The number of carbonyl (C=O) groups is 1. The van der Waals surface area contributed by atoms with Gasteiger partial charge in [-0.2, -0.15) is 0 Å². The number of esters is 1. The minimum Gasteiger partial charge on any atom is -0.427 e. The Hall–Kier alpha value is -1.31. The van der Waals surface area contributed by atoms with E-state index in [0.717, 1.165) is 12.8 Å². The van der Waals surface area contributed by atoms with Crippen molar-refractivity contribution in [3.05, 3.63) is 30.3 Å². The third kappa shape index (κ3) is 5.54. The number of benzene rings is 1. The van der Waals surface area contributed by atoms with Crippen LogP contribution in [0.15, 0.2) is 30.3 Å². The monoisotopic (exact) mass is 220 g/mol. The van der Waals surface area contributed by atoms with Crippen molar-refractivity contribution in [3.8, 4) is 5.75 Å². The molecule has 0 N–H and O–H groups in total. The molecular weight excluding hydrogens is 200 g/mol. The average molecular weight is 220 g/mol. The molecule has 0 bridgehead atoms. The van der Waals surface area contributed by atoms with Gasteiger partial charge in [-0.3, -0.25) is 4.79 Å². The summed E-state index contributed by atoms with van der Waals surface area (Å²) in [5.41, 5.74) is 0. The second kappa shape index (κ2) is 7.04. The van der Waals surface area contributed by atoms with Gasteiger partial charge in [0.1, 0.15) is 5.75 Å². The maximum absolute atomic E-state index is 11.4. The van der Waals surface area contributed by atoms with Gasteiger partial charge in [-0.1, -0.05) is 44.9 Å². The molecule has 0 atom stereocenters. The predicted molar refractivity (Wildman–Crippen MR) is 65.4 cm³/mol. The largest absolute Gasteiger partial charge is 0.427 e. The maximum atomic E-state index is 11.4. The standard InChI is InChI=1S/C14H20O2/c1-12(2)8-6-7-11-14(15)16-13-9-4-3-5-10-13/h3-5,9-10,12H,6-8,11H2,1-2H3. The molecule has 0 fully saturated rings. The van der Waals surface area contributed by atoms with E-state index in [1.807, 2.05) is 18.2 Å². The summed E-state index contributed by atoms with van der Waals surface area (Å²) in [5, 5.41) is 0. The van der Waals surface area contributed by atoms with Crippen molar-refractivity contribution in [1.29, 1.82) is 0 Å². The van der Waals surface area contributed by atoms with Crippen LogP contribution in [0.2, 0.25) is 0 Å². The topological polar surface area (TPSA) is 26.3 Å². The van der Waals surface area contributed by atoms with E-state index >= 15 is 0 Å². The Morgan fingerprint density at radius 2 is 1.88 bits per heavy atom. The molecule has 0 aliphatic heterocycles. The quantitative estimate of drug-likeness (QED) is 0.414. The molecule has 0 aromatic heterocycles. The predicted octanol–water partition coefficient (Wildman–Crippen LogP) is 3.81. The minimum atomic E-state index is -0.130. The first-order valence-electron chi connectivity index (χ1n) is 5.94. The number of carbonyl (C=O) groups excluding carboxylic acids is 1. The first kappa shape index (κ1) is 12.8. The van der Waals surface area contributed by atoms with Gasteiger partial charge in [0, 0.05) is 6.42 Å². The Kier molecular flexibility index (Phi) is 5.62. The molecule has 0 saturated heterocycles. The first-order chi connectivity index (χ1) is 7.68. The summed E-state index contributed by atoms with van der Waals surface area (Å²) < 4.78 is 5.18. The SMILES string of the molecule is CC(C)CCCCC(=O)Oc1ccccc1. The third-order valence-electron chi connectivity index (χ3n) is 2.39. The number of unbranched alkanes of at least 4 members (excludes halogenated alkanes) is 1. The maximum Gasteiger partial charge on any atom is 0.311 e. The second-order valence-electron chi connectivity index (χ2n) is 4.43. The molecule has 0 amide bonds. The highest BCUT2D eigenvalue weighted by molar-refractivity contribution is 5.72. The zero-order valence-electron chi connectivity index (χ0n) is 10.1. The molecule has 16 heavy (non-hydrogen) atoms. The number of ether oxygens (including phenoxy) is 1. The van der Waals surface area contributed by atoms with Crippen LogP contribution in [0.1, 0.15) is 39.5 Å². The molecule has 0 spiro atoms. The van der Waals surface area contributed by atoms with Crippen molar-refractivity contribution in [2.75, 3.05) is 0 Å². The molecule has 2 heteroatoms. The zero-order valence-corrected chi connectivity index (χ0v) is 10.1. The van der Waals surface area contributed by atoms with E-state index in [4.69, 9.17) is 4.74 Å². The first-order valence-corrected chi connectivity index (χ1v) is 5.94. The molecule has 0 aliphatic rings. The fourth-order valence-electron chi connectivity index (χ4n) is 1.49. The number of rotatable bonds is 6. The Balaban J connectivity index is 2.17. The van der Waals surface area contributed by atoms with Crippen LogP contribution >= 0.6 is 0 Å². The highest BCUT2D eigenvalue weighted by Crippen LogP contribution is 2.12. The Labute approximate surface area is 97.6 Å². The summed E-state index contributed by atoms with van der Waals surface area (Å²) in [6.45, 7) is 4.39. The minimum absolute atomic E-state index is 0.130. The summed E-state index contributed by atoms with van der Waals surface area (Å²) in [6, 6.07) is 9.22. The zero-order chi connectivity index (χ0) is 11.8. The molecule has 1 aromatic rings. The van der Waals surface area contributed by atoms with E-state index < -0.39 is 0 Å². The number of hydrogen-bond donors (Lipinski definition) is 0. The van der Waals surface area contributed by atoms with E-state index in [2.05, 4.69) is 13.8 Å². The van der Waals surface area contributed by atoms with Crippen LogP contribution in [0.25, 0.3) is 0 Å². The summed E-state index contributed by atoms with van der Waals surface area (Å²) in [4.78, 5) is 11.4. The van der Waals surface area contributed by atoms with Crippen molar-refractivity contribution in [2.24, 2.45) is 5.92 Å². The average Bonchev–Trinajstić information content (AvgIpc) is 2.25. The number of para-hydroxylation sites is 1. The summed E-state index contributed by atoms with van der Waals surface area (Å²) in [6.07, 6.45) is 3.71. The van der Waals surface area contributed by atoms with Crippen LogP contribution < -0.4 is 4.74 Å². The molecular formula is C14H20O2. The Bertz CT molecular complexity index is 304. The van der Waals surface area contributed by atoms with Gasteiger partial charge in [0.05, 0.1) is 0 Å². The van der Waals surface area contributed by atoms with Crippen molar-refractivity contribution in [2.45, 2.75) is 39.5 Å². The molecule has 0 unspecified atom stereocenters. The lowest BCUT2D eigenvalue weighted by molar-refractivity contribution is -0.134. The van der Waals surface area contributed by atoms with Crippen LogP contribution in [-0.4, -0.2) is 5.97 Å². The van der Waals surface area contributed by atoms with Crippen LogP contribution in [0.3, 0.4) is 0 Å². The number of hydrogen-bond acceptors (Lipinski definition) is 2. The van der Waals surface area contributed by atoms with Gasteiger partial charge in [0.2, 0.25) is 0 Å². The van der Waals surface area contributed by atoms with Gasteiger partial charge in [0.25, 0.3) is 0 Å². The lowest BCUT2D eigenvalue weighted by Gasteiger charge is -2.05. The summed E-state index contributed by atoms with van der Waals surface area (Å²) >= 11 is 0. The van der Waals surface area contributed by atoms with Crippen LogP contribution in [0.4, 0.5) is 0 Å². The van der Waals surface area contributed by atoms with E-state index in [9.17, 15) is 4.79 Å². The second-order valence-corrected chi connectivity index (χ2v) is 4.43. The van der Waals surface area contributed by atoms with Crippen LogP contribution in [0.5, 0.6) is 5.75 Å². The van der Waals surface area contributed by atoms with Gasteiger partial charge in [-0.15, -0.1) is 0 Å². The molecule has 88 valence electrons. The fourth-order valence-corrected chi connectivity index (χ4v) is 1.49. The lowest BCUT2D eigenvalue weighted by Crippen LogP contribution is -2.07. The lowest BCUT2D eigenvalue weighted by atomic mass is 10.1. The van der Waals surface area contributed by atoms with Crippen LogP contribution in [0, 0.1) is 5.92 Å². The van der Waals surface area contributed by atoms with Crippen molar-refractivity contribution in [1.82, 2.24) is 0 Å². The Morgan fingerprint density at radius 1 is 1.19 bits per heavy atom. The fraction of sp³-hybridized carbons (Fsp3) is 0.500. The smallest absolute Gasteiger partial charge is 0.311 e. The van der Waals surface area contributed by atoms with Gasteiger partial charge >= 0.3 is 5.97 Å². The molecule has 1 rings (SSSR count). The van der Waals surface area contributed by atoms with Crippen LogP contribution in [-0.2, 0) is 4.79 Å². The van der Waals surface area contributed by atoms with Crippen molar-refractivity contribution >= 4 is 5.97 Å². The molecule has 0 heterocycles. The molecule has 1 aromatic carbocycles. The van der Waals surface area contributed by atoms with E-state index in [-0.39, 0.29) is 5.97 Å². The van der Waals surface area contributed by atoms with E-state index in [1.54, 1.807) is 12.1 Å². The molecule has 0 radical (unpaired) electrons. The third-order valence-corrected chi connectivity index (χ3v) is 2.39. The van der Waals surface area contributed by atoms with Gasteiger partial charge in [0.15, 0.2) is 0 Å². The van der Waals surface area contributed by atoms with Gasteiger partial charge in [-0.05, 0) is 24.5 Å². The highest BCUT2D eigenvalue weighted by Gasteiger charge is 2.04. The van der Waals surface area contributed by atoms with E-state index in [1.165, 1.54) is 6.42 Å². The summed E-state index contributed by atoms with van der Waals surface area (Å²) in [7, 11) is 0. The van der Waals surface area contributed by atoms with Crippen molar-refractivity contribution in [3.63, 3.8) is 0 Å². The molecule has 2 nitrogen and oxygen atoms in total. The summed E-state index contributed by atoms with van der Waals surface area (Å²) in [5.74, 6) is 1.22. The Morgan fingerprint density at radius 3 is 2.50 bits per heavy atom. The molecule has 0 saturated carbocycles. The highest BCUT2D eigenvalue weighted by atomic mass is 16.5. The normalized spacial score (nSPS) is 10.4. The van der Waals surface area contributed by atoms with Gasteiger partial charge < -0.3 is 4.74 Å². The van der Waals surface area contributed by atoms with E-state index in [0.29, 0.717) is 18.1 Å². The van der Waals surface area contributed by atoms with Gasteiger partial charge in [-0.25, -0.2) is 0 Å².